The van der Waals surface area contributed by atoms with Gasteiger partial charge in [-0.1, -0.05) is 24.3 Å². The predicted octanol–water partition coefficient (Wildman–Crippen LogP) is 2.63. The Morgan fingerprint density at radius 1 is 1.04 bits per heavy atom. The maximum atomic E-state index is 12.1. The summed E-state index contributed by atoms with van der Waals surface area (Å²) in [7, 11) is 0. The van der Waals surface area contributed by atoms with Gasteiger partial charge in [0.15, 0.2) is 0 Å². The second-order valence-corrected chi connectivity index (χ2v) is 6.03. The molecule has 0 unspecified atom stereocenters. The van der Waals surface area contributed by atoms with Crippen LogP contribution in [0.3, 0.4) is 0 Å². The van der Waals surface area contributed by atoms with E-state index < -0.39 is 0 Å². The summed E-state index contributed by atoms with van der Waals surface area (Å²) in [4.78, 5) is 32.5. The first-order valence-corrected chi connectivity index (χ1v) is 8.44. The minimum Gasteiger partial charge on any atom is -0.355 e. The molecule has 1 aromatic carbocycles. The second kappa shape index (κ2) is 8.20. The van der Waals surface area contributed by atoms with Crippen LogP contribution in [0.5, 0.6) is 0 Å². The van der Waals surface area contributed by atoms with Crippen molar-refractivity contribution in [3.63, 3.8) is 0 Å². The molecule has 2 N–H and O–H groups in total. The van der Waals surface area contributed by atoms with Crippen molar-refractivity contribution in [2.75, 3.05) is 11.9 Å². The molecule has 3 rings (SSSR count). The van der Waals surface area contributed by atoms with Gasteiger partial charge in [0, 0.05) is 30.2 Å². The van der Waals surface area contributed by atoms with Crippen molar-refractivity contribution in [1.29, 1.82) is 0 Å². The fourth-order valence-corrected chi connectivity index (χ4v) is 2.59. The van der Waals surface area contributed by atoms with Crippen molar-refractivity contribution in [3.8, 4) is 0 Å². The highest BCUT2D eigenvalue weighted by Gasteiger charge is 2.07. The van der Waals surface area contributed by atoms with Gasteiger partial charge in [0.25, 0.3) is 0 Å². The van der Waals surface area contributed by atoms with Crippen molar-refractivity contribution >= 4 is 28.5 Å². The first-order chi connectivity index (χ1) is 12.6. The van der Waals surface area contributed by atoms with Crippen LogP contribution in [0.1, 0.15) is 17.7 Å². The molecule has 0 saturated carbocycles. The van der Waals surface area contributed by atoms with Crippen LogP contribution >= 0.6 is 0 Å². The van der Waals surface area contributed by atoms with Crippen LogP contribution in [-0.4, -0.2) is 28.3 Å². The van der Waals surface area contributed by atoms with Gasteiger partial charge >= 0.3 is 0 Å². The molecule has 2 aromatic heterocycles. The third-order valence-electron chi connectivity index (χ3n) is 3.84. The van der Waals surface area contributed by atoms with E-state index in [0.29, 0.717) is 5.82 Å². The number of nitrogens with one attached hydrogen (secondary N) is 2. The van der Waals surface area contributed by atoms with E-state index in [1.807, 2.05) is 49.4 Å². The number of hydrogen-bond donors (Lipinski definition) is 2. The smallest absolute Gasteiger partial charge is 0.227 e. The number of aryl methyl sites for hydroxylation is 1. The highest BCUT2D eigenvalue weighted by molar-refractivity contribution is 5.90. The molecule has 2 heterocycles. The predicted molar refractivity (Wildman–Crippen MR) is 101 cm³/mol. The molecule has 2 amide bonds. The Balaban J connectivity index is 1.45. The molecular formula is C20H20N4O2. The van der Waals surface area contributed by atoms with Crippen LogP contribution in [0.15, 0.2) is 54.7 Å². The van der Waals surface area contributed by atoms with Crippen LogP contribution in [0.4, 0.5) is 5.82 Å². The first kappa shape index (κ1) is 17.5. The summed E-state index contributed by atoms with van der Waals surface area (Å²) < 4.78 is 0. The van der Waals surface area contributed by atoms with E-state index in [2.05, 4.69) is 20.6 Å². The van der Waals surface area contributed by atoms with E-state index in [4.69, 9.17) is 0 Å². The summed E-state index contributed by atoms with van der Waals surface area (Å²) in [6.07, 6.45) is 2.13. The van der Waals surface area contributed by atoms with Gasteiger partial charge in [-0.15, -0.1) is 0 Å². The van der Waals surface area contributed by atoms with Crippen molar-refractivity contribution in [2.24, 2.45) is 0 Å². The molecule has 3 aromatic rings. The molecular weight excluding hydrogens is 328 g/mol. The Morgan fingerprint density at radius 2 is 1.88 bits per heavy atom. The van der Waals surface area contributed by atoms with Gasteiger partial charge in [0.2, 0.25) is 11.8 Å². The fourth-order valence-electron chi connectivity index (χ4n) is 2.59. The number of amides is 2. The van der Waals surface area contributed by atoms with Crippen LogP contribution in [0.2, 0.25) is 0 Å². The van der Waals surface area contributed by atoms with Crippen LogP contribution in [0, 0.1) is 6.92 Å². The zero-order chi connectivity index (χ0) is 18.4. The van der Waals surface area contributed by atoms with Crippen LogP contribution in [-0.2, 0) is 16.0 Å². The lowest BCUT2D eigenvalue weighted by Gasteiger charge is -2.07. The van der Waals surface area contributed by atoms with Gasteiger partial charge in [0.1, 0.15) is 5.82 Å². The van der Waals surface area contributed by atoms with Gasteiger partial charge < -0.3 is 10.6 Å². The third-order valence-corrected chi connectivity index (χ3v) is 3.84. The molecule has 0 aliphatic heterocycles. The minimum absolute atomic E-state index is 0.136. The molecule has 0 bridgehead atoms. The molecule has 6 nitrogen and oxygen atoms in total. The van der Waals surface area contributed by atoms with Crippen LogP contribution in [0.25, 0.3) is 10.9 Å². The number of carbonyl (C=O) groups is 2. The number of benzene rings is 1. The van der Waals surface area contributed by atoms with E-state index in [1.54, 1.807) is 12.3 Å². The molecule has 0 radical (unpaired) electrons. The number of anilines is 1. The maximum Gasteiger partial charge on any atom is 0.227 e. The molecule has 0 spiro atoms. The van der Waals surface area contributed by atoms with Gasteiger partial charge in [-0.05, 0) is 36.8 Å². The summed E-state index contributed by atoms with van der Waals surface area (Å²) in [6.45, 7) is 2.13. The summed E-state index contributed by atoms with van der Waals surface area (Å²) >= 11 is 0. The average molecular weight is 348 g/mol. The van der Waals surface area contributed by atoms with Crippen molar-refractivity contribution < 1.29 is 9.59 Å². The van der Waals surface area contributed by atoms with E-state index >= 15 is 0 Å². The van der Waals surface area contributed by atoms with Gasteiger partial charge in [-0.2, -0.15) is 0 Å². The summed E-state index contributed by atoms with van der Waals surface area (Å²) in [5, 5.41) is 6.48. The topological polar surface area (TPSA) is 84.0 Å². The van der Waals surface area contributed by atoms with Crippen molar-refractivity contribution in [1.82, 2.24) is 15.3 Å². The molecule has 6 heteroatoms. The minimum atomic E-state index is -0.184. The zero-order valence-corrected chi connectivity index (χ0v) is 14.5. The number of carbonyl (C=O) groups excluding carboxylic acids is 2. The normalized spacial score (nSPS) is 10.5. The zero-order valence-electron chi connectivity index (χ0n) is 14.5. The molecule has 0 fully saturated rings. The number of pyridine rings is 2. The highest BCUT2D eigenvalue weighted by Crippen LogP contribution is 2.13. The van der Waals surface area contributed by atoms with Crippen molar-refractivity contribution in [2.45, 2.75) is 19.8 Å². The van der Waals surface area contributed by atoms with E-state index in [0.717, 1.165) is 22.2 Å². The Kier molecular flexibility index (Phi) is 5.53. The highest BCUT2D eigenvalue weighted by atomic mass is 16.2. The van der Waals surface area contributed by atoms with Crippen molar-refractivity contribution in [3.05, 3.63) is 66.0 Å². The van der Waals surface area contributed by atoms with Crippen LogP contribution < -0.4 is 10.6 Å². The molecule has 132 valence electrons. The maximum absolute atomic E-state index is 12.1. The molecule has 0 saturated heterocycles. The first-order valence-electron chi connectivity index (χ1n) is 8.44. The standard InChI is InChI=1S/C20H20N4O2/c1-14-5-4-8-18(23-14)24-19(25)9-10-21-20(26)12-15-11-16-6-2-3-7-17(16)22-13-15/h2-8,11,13H,9-10,12H2,1H3,(H,21,26)(H,23,24,25). The second-order valence-electron chi connectivity index (χ2n) is 6.03. The largest absolute Gasteiger partial charge is 0.355 e. The van der Waals surface area contributed by atoms with Gasteiger partial charge in [-0.25, -0.2) is 4.98 Å². The van der Waals surface area contributed by atoms with E-state index in [-0.39, 0.29) is 31.2 Å². The number of para-hydroxylation sites is 1. The van der Waals surface area contributed by atoms with Gasteiger partial charge in [-0.3, -0.25) is 14.6 Å². The third kappa shape index (κ3) is 4.86. The average Bonchev–Trinajstić information content (AvgIpc) is 2.61. The number of hydrogen-bond acceptors (Lipinski definition) is 4. The summed E-state index contributed by atoms with van der Waals surface area (Å²) in [5.74, 6) is 0.197. The Hall–Kier alpha value is -3.28. The Morgan fingerprint density at radius 3 is 2.73 bits per heavy atom. The van der Waals surface area contributed by atoms with E-state index in [1.165, 1.54) is 0 Å². The van der Waals surface area contributed by atoms with Gasteiger partial charge in [0.05, 0.1) is 11.9 Å². The quantitative estimate of drug-likeness (QED) is 0.717. The molecule has 0 aliphatic carbocycles. The number of nitrogens with zero attached hydrogens (tertiary/aromatic N) is 2. The lowest BCUT2D eigenvalue weighted by molar-refractivity contribution is -0.120. The lowest BCUT2D eigenvalue weighted by atomic mass is 10.1. The fraction of sp³-hybridized carbons (Fsp3) is 0.200. The molecule has 26 heavy (non-hydrogen) atoms. The monoisotopic (exact) mass is 348 g/mol. The number of aromatic nitrogens is 2. The Bertz CT molecular complexity index is 940. The Labute approximate surface area is 151 Å². The molecule has 0 aliphatic rings. The number of fused-ring (bicyclic) bond motifs is 1. The lowest BCUT2D eigenvalue weighted by Crippen LogP contribution is -2.29. The SMILES string of the molecule is Cc1cccc(NC(=O)CCNC(=O)Cc2cnc3ccccc3c2)n1. The molecule has 0 atom stereocenters. The summed E-state index contributed by atoms with van der Waals surface area (Å²) in [5.41, 5.74) is 2.58. The van der Waals surface area contributed by atoms with E-state index in [9.17, 15) is 9.59 Å². The number of rotatable bonds is 6. The summed E-state index contributed by atoms with van der Waals surface area (Å²) in [6, 6.07) is 15.1.